The lowest BCUT2D eigenvalue weighted by atomic mass is 9.94. The fraction of sp³-hybridized carbons (Fsp3) is 0.526. The average Bonchev–Trinajstić information content (AvgIpc) is 3.02. The minimum absolute atomic E-state index is 0.00734. The number of nitrogens with two attached hydrogens (primary N) is 1. The number of primary amides is 1. The average molecular weight is 390 g/mol. The molecule has 1 saturated heterocycles. The van der Waals surface area contributed by atoms with Crippen LogP contribution in [0.5, 0.6) is 5.75 Å². The van der Waals surface area contributed by atoms with Crippen molar-refractivity contribution in [3.8, 4) is 5.75 Å². The van der Waals surface area contributed by atoms with Crippen LogP contribution in [0.2, 0.25) is 0 Å². The van der Waals surface area contributed by atoms with Crippen LogP contribution in [0.1, 0.15) is 39.1 Å². The first-order valence-corrected chi connectivity index (χ1v) is 9.33. The fourth-order valence-corrected chi connectivity index (χ4v) is 4.33. The lowest BCUT2D eigenvalue weighted by molar-refractivity contribution is 0.0944. The molecule has 0 bridgehead atoms. The standard InChI is InChI=1S/C19H23FN4O4/c1-8-10-3-9(4-11(18(26)22-2)16(10)28-14(8)5-20)17(25)23-15-12-6-24(19(21)27)7-13(12)15/h3-4,8,12-15H,5-7H2,1-2H3,(H2,21,27)(H,22,26)(H,23,25)/t8-,12-,13+,14+,15?/m0/s1. The number of carbonyl (C=O) groups is 3. The molecule has 1 unspecified atom stereocenters. The molecule has 2 aliphatic heterocycles. The van der Waals surface area contributed by atoms with Gasteiger partial charge in [-0.25, -0.2) is 9.18 Å². The molecule has 1 aromatic rings. The van der Waals surface area contributed by atoms with Gasteiger partial charge in [-0.15, -0.1) is 0 Å². The van der Waals surface area contributed by atoms with Crippen LogP contribution in [0.4, 0.5) is 9.18 Å². The number of alkyl halides is 1. The van der Waals surface area contributed by atoms with Gasteiger partial charge in [-0.2, -0.15) is 0 Å². The first-order chi connectivity index (χ1) is 13.3. The van der Waals surface area contributed by atoms with Crippen molar-refractivity contribution in [1.29, 1.82) is 0 Å². The predicted octanol–water partition coefficient (Wildman–Crippen LogP) is 0.619. The van der Waals surface area contributed by atoms with Crippen LogP contribution in [-0.4, -0.2) is 61.7 Å². The van der Waals surface area contributed by atoms with Gasteiger partial charge < -0.3 is 26.0 Å². The maximum Gasteiger partial charge on any atom is 0.314 e. The molecule has 0 spiro atoms. The Labute approximate surface area is 161 Å². The van der Waals surface area contributed by atoms with Gasteiger partial charge in [-0.05, 0) is 12.1 Å². The molecular formula is C19H23FN4O4. The van der Waals surface area contributed by atoms with E-state index in [0.717, 1.165) is 0 Å². The van der Waals surface area contributed by atoms with Crippen molar-refractivity contribution in [1.82, 2.24) is 15.5 Å². The fourth-order valence-electron chi connectivity index (χ4n) is 4.33. The van der Waals surface area contributed by atoms with E-state index in [-0.39, 0.29) is 35.3 Å². The summed E-state index contributed by atoms with van der Waals surface area (Å²) < 4.78 is 18.9. The summed E-state index contributed by atoms with van der Waals surface area (Å²) in [6.45, 7) is 2.23. The third kappa shape index (κ3) is 2.85. The first-order valence-electron chi connectivity index (χ1n) is 9.33. The maximum absolute atomic E-state index is 13.2. The number of hydrogen-bond donors (Lipinski definition) is 3. The monoisotopic (exact) mass is 390 g/mol. The summed E-state index contributed by atoms with van der Waals surface area (Å²) in [5.41, 5.74) is 6.51. The Morgan fingerprint density at radius 3 is 2.50 bits per heavy atom. The zero-order valence-corrected chi connectivity index (χ0v) is 15.7. The second kappa shape index (κ2) is 6.65. The van der Waals surface area contributed by atoms with E-state index < -0.39 is 24.7 Å². The highest BCUT2D eigenvalue weighted by molar-refractivity contribution is 6.02. The molecule has 0 radical (unpaired) electrons. The highest BCUT2D eigenvalue weighted by Gasteiger charge is 2.57. The van der Waals surface area contributed by atoms with Crippen molar-refractivity contribution in [2.75, 3.05) is 26.8 Å². The molecule has 2 fully saturated rings. The van der Waals surface area contributed by atoms with Gasteiger partial charge in [-0.3, -0.25) is 9.59 Å². The number of amides is 4. The highest BCUT2D eigenvalue weighted by atomic mass is 19.1. The molecule has 1 aliphatic carbocycles. The van der Waals surface area contributed by atoms with Crippen LogP contribution < -0.4 is 21.1 Å². The topological polar surface area (TPSA) is 114 Å². The molecule has 1 aromatic carbocycles. The summed E-state index contributed by atoms with van der Waals surface area (Å²) in [7, 11) is 1.49. The van der Waals surface area contributed by atoms with Crippen LogP contribution in [0.25, 0.3) is 0 Å². The van der Waals surface area contributed by atoms with Gasteiger partial charge in [-0.1, -0.05) is 6.92 Å². The van der Waals surface area contributed by atoms with E-state index in [1.807, 2.05) is 6.92 Å². The Bertz CT molecular complexity index is 849. The van der Waals surface area contributed by atoms with Gasteiger partial charge in [0.25, 0.3) is 11.8 Å². The molecule has 1 saturated carbocycles. The summed E-state index contributed by atoms with van der Waals surface area (Å²) >= 11 is 0. The molecule has 8 nitrogen and oxygen atoms in total. The van der Waals surface area contributed by atoms with Crippen molar-refractivity contribution < 1.29 is 23.5 Å². The maximum atomic E-state index is 13.2. The van der Waals surface area contributed by atoms with Gasteiger partial charge in [0.1, 0.15) is 18.5 Å². The van der Waals surface area contributed by atoms with E-state index in [2.05, 4.69) is 10.6 Å². The summed E-state index contributed by atoms with van der Waals surface area (Å²) in [6, 6.07) is 2.70. The summed E-state index contributed by atoms with van der Waals surface area (Å²) in [5.74, 6) is -0.191. The lowest BCUT2D eigenvalue weighted by Crippen LogP contribution is -2.40. The number of ether oxygens (including phenoxy) is 1. The van der Waals surface area contributed by atoms with Crippen LogP contribution in [0, 0.1) is 11.8 Å². The SMILES string of the molecule is CNC(=O)c1cc(C(=O)NC2[C@H]3CN(C(N)=O)C[C@@H]23)cc2c1O[C@H](CF)[C@H]2C. The second-order valence-corrected chi connectivity index (χ2v) is 7.69. The second-order valence-electron chi connectivity index (χ2n) is 7.69. The number of hydrogen-bond acceptors (Lipinski definition) is 4. The van der Waals surface area contributed by atoms with Gasteiger partial charge in [0, 0.05) is 55.1 Å². The van der Waals surface area contributed by atoms with Crippen LogP contribution >= 0.6 is 0 Å². The number of rotatable bonds is 4. The number of nitrogens with one attached hydrogen (secondary N) is 2. The van der Waals surface area contributed by atoms with Crippen molar-refractivity contribution in [2.24, 2.45) is 17.6 Å². The van der Waals surface area contributed by atoms with E-state index in [1.54, 1.807) is 11.0 Å². The third-order valence-electron chi connectivity index (χ3n) is 6.12. The van der Waals surface area contributed by atoms with E-state index in [0.29, 0.717) is 30.0 Å². The highest BCUT2D eigenvalue weighted by Crippen LogP contribution is 2.46. The quantitative estimate of drug-likeness (QED) is 0.699. The van der Waals surface area contributed by atoms with Crippen LogP contribution in [0.15, 0.2) is 12.1 Å². The molecular weight excluding hydrogens is 367 g/mol. The zero-order valence-electron chi connectivity index (χ0n) is 15.7. The number of piperidine rings is 1. The number of urea groups is 1. The summed E-state index contributed by atoms with van der Waals surface area (Å²) in [4.78, 5) is 37.9. The minimum atomic E-state index is -0.674. The van der Waals surface area contributed by atoms with Crippen LogP contribution in [-0.2, 0) is 0 Å². The zero-order chi connectivity index (χ0) is 20.2. The summed E-state index contributed by atoms with van der Waals surface area (Å²) in [6.07, 6.45) is -0.667. The van der Waals surface area contributed by atoms with Crippen molar-refractivity contribution in [3.05, 3.63) is 28.8 Å². The van der Waals surface area contributed by atoms with Gasteiger partial charge in [0.15, 0.2) is 0 Å². The Morgan fingerprint density at radius 2 is 1.93 bits per heavy atom. The molecule has 150 valence electrons. The number of benzene rings is 1. The van der Waals surface area contributed by atoms with Gasteiger partial charge >= 0.3 is 6.03 Å². The van der Waals surface area contributed by atoms with Gasteiger partial charge in [0.2, 0.25) is 0 Å². The molecule has 28 heavy (non-hydrogen) atoms. The smallest absolute Gasteiger partial charge is 0.314 e. The van der Waals surface area contributed by atoms with Crippen molar-refractivity contribution in [2.45, 2.75) is 25.0 Å². The number of fused-ring (bicyclic) bond motifs is 2. The predicted molar refractivity (Wildman–Crippen MR) is 98.0 cm³/mol. The first kappa shape index (κ1) is 18.5. The third-order valence-corrected chi connectivity index (χ3v) is 6.12. The number of likely N-dealkylation sites (tertiary alicyclic amines) is 1. The largest absolute Gasteiger partial charge is 0.486 e. The van der Waals surface area contributed by atoms with Gasteiger partial charge in [0.05, 0.1) is 5.56 Å². The van der Waals surface area contributed by atoms with Crippen molar-refractivity contribution >= 4 is 17.8 Å². The minimum Gasteiger partial charge on any atom is -0.486 e. The molecule has 4 amide bonds. The Balaban J connectivity index is 1.54. The van der Waals surface area contributed by atoms with E-state index >= 15 is 0 Å². The number of halogens is 1. The molecule has 4 N–H and O–H groups in total. The molecule has 9 heteroatoms. The Kier molecular flexibility index (Phi) is 4.40. The molecule has 0 aromatic heterocycles. The summed E-state index contributed by atoms with van der Waals surface area (Å²) in [5, 5.41) is 5.51. The lowest BCUT2D eigenvalue weighted by Gasteiger charge is -2.18. The Hall–Kier alpha value is -2.84. The van der Waals surface area contributed by atoms with Crippen molar-refractivity contribution in [3.63, 3.8) is 0 Å². The number of carbonyl (C=O) groups excluding carboxylic acids is 3. The molecule has 5 atom stereocenters. The molecule has 4 rings (SSSR count). The Morgan fingerprint density at radius 1 is 1.25 bits per heavy atom. The van der Waals surface area contributed by atoms with E-state index in [4.69, 9.17) is 10.5 Å². The van der Waals surface area contributed by atoms with E-state index in [1.165, 1.54) is 13.1 Å². The molecule has 3 aliphatic rings. The van der Waals surface area contributed by atoms with E-state index in [9.17, 15) is 18.8 Å². The molecule has 2 heterocycles. The normalized spacial score (nSPS) is 29.5. The number of nitrogens with zero attached hydrogens (tertiary/aromatic N) is 1. The van der Waals surface area contributed by atoms with Crippen LogP contribution in [0.3, 0.4) is 0 Å².